The molecule has 1 aromatic heterocycles. The minimum atomic E-state index is -0.0135. The monoisotopic (exact) mass is 206 g/mol. The Bertz CT molecular complexity index is 347. The third kappa shape index (κ3) is 1.91. The standard InChI is InChI=1S/C11H18N4/c12-11(5-1-2-6-11)7-9-13-10(15-14-9)8-3-4-8/h8H,1-7,12H2,(H,13,14,15). The molecule has 15 heavy (non-hydrogen) atoms. The second-order valence-corrected chi connectivity index (χ2v) is 5.16. The Balaban J connectivity index is 1.70. The molecule has 0 unspecified atom stereocenters. The Kier molecular flexibility index (Phi) is 2.06. The van der Waals surface area contributed by atoms with Gasteiger partial charge in [0.2, 0.25) is 0 Å². The number of aromatic nitrogens is 3. The van der Waals surface area contributed by atoms with Gasteiger partial charge >= 0.3 is 0 Å². The number of nitrogens with zero attached hydrogens (tertiary/aromatic N) is 2. The Morgan fingerprint density at radius 2 is 2.07 bits per heavy atom. The van der Waals surface area contributed by atoms with Crippen LogP contribution < -0.4 is 5.73 Å². The van der Waals surface area contributed by atoms with Crippen molar-refractivity contribution in [2.45, 2.75) is 56.4 Å². The summed E-state index contributed by atoms with van der Waals surface area (Å²) in [4.78, 5) is 4.53. The van der Waals surface area contributed by atoms with Gasteiger partial charge in [0, 0.05) is 17.9 Å². The third-order valence-electron chi connectivity index (χ3n) is 3.61. The summed E-state index contributed by atoms with van der Waals surface area (Å²) in [7, 11) is 0. The Hall–Kier alpha value is -0.900. The van der Waals surface area contributed by atoms with Crippen molar-refractivity contribution >= 4 is 0 Å². The Labute approximate surface area is 89.7 Å². The van der Waals surface area contributed by atoms with Crippen molar-refractivity contribution in [3.8, 4) is 0 Å². The van der Waals surface area contributed by atoms with Gasteiger partial charge in [0.15, 0.2) is 5.82 Å². The normalized spacial score (nSPS) is 24.6. The number of aromatic amines is 1. The van der Waals surface area contributed by atoms with Gasteiger partial charge in [-0.2, -0.15) is 5.10 Å². The number of hydrogen-bond donors (Lipinski definition) is 2. The molecular formula is C11H18N4. The van der Waals surface area contributed by atoms with Crippen molar-refractivity contribution in [3.05, 3.63) is 11.6 Å². The molecule has 0 amide bonds. The summed E-state index contributed by atoms with van der Waals surface area (Å²) in [5.74, 6) is 2.63. The van der Waals surface area contributed by atoms with Crippen LogP contribution in [0.5, 0.6) is 0 Å². The lowest BCUT2D eigenvalue weighted by atomic mass is 9.94. The summed E-state index contributed by atoms with van der Waals surface area (Å²) in [5.41, 5.74) is 6.29. The van der Waals surface area contributed by atoms with Crippen LogP contribution in [0.25, 0.3) is 0 Å². The van der Waals surface area contributed by atoms with Gasteiger partial charge in [-0.15, -0.1) is 0 Å². The highest BCUT2D eigenvalue weighted by Crippen LogP contribution is 2.38. The first kappa shape index (κ1) is 9.33. The molecule has 4 heteroatoms. The molecule has 0 aromatic carbocycles. The molecule has 82 valence electrons. The molecule has 4 nitrogen and oxygen atoms in total. The molecule has 2 aliphatic rings. The van der Waals surface area contributed by atoms with E-state index in [1.165, 1.54) is 25.7 Å². The van der Waals surface area contributed by atoms with Gasteiger partial charge in [0.25, 0.3) is 0 Å². The molecule has 0 spiro atoms. The van der Waals surface area contributed by atoms with Crippen molar-refractivity contribution in [2.75, 3.05) is 0 Å². The minimum absolute atomic E-state index is 0.0135. The van der Waals surface area contributed by atoms with E-state index >= 15 is 0 Å². The summed E-state index contributed by atoms with van der Waals surface area (Å²) >= 11 is 0. The highest BCUT2D eigenvalue weighted by Gasteiger charge is 2.32. The molecule has 0 aliphatic heterocycles. The molecule has 1 aromatic rings. The van der Waals surface area contributed by atoms with E-state index in [9.17, 15) is 0 Å². The molecule has 0 bridgehead atoms. The number of rotatable bonds is 3. The Morgan fingerprint density at radius 1 is 1.33 bits per heavy atom. The van der Waals surface area contributed by atoms with Crippen LogP contribution >= 0.6 is 0 Å². The quantitative estimate of drug-likeness (QED) is 0.787. The van der Waals surface area contributed by atoms with Gasteiger partial charge in [-0.25, -0.2) is 4.98 Å². The molecule has 1 heterocycles. The Morgan fingerprint density at radius 3 is 2.73 bits per heavy atom. The zero-order valence-corrected chi connectivity index (χ0v) is 9.00. The van der Waals surface area contributed by atoms with Crippen LogP contribution in [0.2, 0.25) is 0 Å². The molecule has 3 rings (SSSR count). The summed E-state index contributed by atoms with van der Waals surface area (Å²) in [6.07, 6.45) is 8.17. The summed E-state index contributed by atoms with van der Waals surface area (Å²) in [5, 5.41) is 7.30. The SMILES string of the molecule is NC1(Cc2nc(C3CC3)n[nH]2)CCCC1. The first-order valence-corrected chi connectivity index (χ1v) is 5.95. The van der Waals surface area contributed by atoms with Gasteiger partial charge in [-0.1, -0.05) is 12.8 Å². The van der Waals surface area contributed by atoms with E-state index in [0.29, 0.717) is 5.92 Å². The molecule has 0 atom stereocenters. The molecule has 0 radical (unpaired) electrons. The van der Waals surface area contributed by atoms with Crippen molar-refractivity contribution in [1.82, 2.24) is 15.2 Å². The topological polar surface area (TPSA) is 67.6 Å². The maximum Gasteiger partial charge on any atom is 0.153 e. The highest BCUT2D eigenvalue weighted by molar-refractivity contribution is 5.07. The van der Waals surface area contributed by atoms with E-state index in [2.05, 4.69) is 15.2 Å². The van der Waals surface area contributed by atoms with Gasteiger partial charge in [-0.05, 0) is 25.7 Å². The smallest absolute Gasteiger partial charge is 0.153 e. The van der Waals surface area contributed by atoms with Crippen molar-refractivity contribution in [1.29, 1.82) is 0 Å². The van der Waals surface area contributed by atoms with Crippen LogP contribution in [0.3, 0.4) is 0 Å². The largest absolute Gasteiger partial charge is 0.325 e. The van der Waals surface area contributed by atoms with E-state index in [-0.39, 0.29) is 5.54 Å². The lowest BCUT2D eigenvalue weighted by Crippen LogP contribution is -2.39. The van der Waals surface area contributed by atoms with E-state index in [4.69, 9.17) is 5.73 Å². The predicted octanol–water partition coefficient (Wildman–Crippen LogP) is 1.50. The van der Waals surface area contributed by atoms with E-state index in [0.717, 1.165) is 30.9 Å². The van der Waals surface area contributed by atoms with Crippen LogP contribution in [-0.2, 0) is 6.42 Å². The molecule has 2 aliphatic carbocycles. The average molecular weight is 206 g/mol. The highest BCUT2D eigenvalue weighted by atomic mass is 15.2. The minimum Gasteiger partial charge on any atom is -0.325 e. The summed E-state index contributed by atoms with van der Waals surface area (Å²) in [6, 6.07) is 0. The lowest BCUT2D eigenvalue weighted by Gasteiger charge is -2.21. The van der Waals surface area contributed by atoms with Gasteiger partial charge in [0.05, 0.1) is 0 Å². The number of nitrogens with one attached hydrogen (secondary N) is 1. The predicted molar refractivity (Wildman–Crippen MR) is 57.4 cm³/mol. The first-order valence-electron chi connectivity index (χ1n) is 5.95. The third-order valence-corrected chi connectivity index (χ3v) is 3.61. The van der Waals surface area contributed by atoms with E-state index < -0.39 is 0 Å². The molecular weight excluding hydrogens is 188 g/mol. The average Bonchev–Trinajstić information content (AvgIpc) is 2.83. The maximum atomic E-state index is 6.30. The summed E-state index contributed by atoms with van der Waals surface area (Å²) < 4.78 is 0. The van der Waals surface area contributed by atoms with Crippen molar-refractivity contribution in [3.63, 3.8) is 0 Å². The lowest BCUT2D eigenvalue weighted by molar-refractivity contribution is 0.427. The number of nitrogens with two attached hydrogens (primary N) is 1. The maximum absolute atomic E-state index is 6.30. The molecule has 2 fully saturated rings. The fraction of sp³-hybridized carbons (Fsp3) is 0.818. The van der Waals surface area contributed by atoms with Crippen LogP contribution in [0, 0.1) is 0 Å². The van der Waals surface area contributed by atoms with Gasteiger partial charge in [-0.3, -0.25) is 5.10 Å². The van der Waals surface area contributed by atoms with Crippen LogP contribution in [0.1, 0.15) is 56.1 Å². The zero-order valence-electron chi connectivity index (χ0n) is 9.00. The van der Waals surface area contributed by atoms with Crippen molar-refractivity contribution in [2.24, 2.45) is 5.73 Å². The second kappa shape index (κ2) is 3.30. The van der Waals surface area contributed by atoms with Gasteiger partial charge < -0.3 is 5.73 Å². The van der Waals surface area contributed by atoms with E-state index in [1.54, 1.807) is 0 Å². The van der Waals surface area contributed by atoms with E-state index in [1.807, 2.05) is 0 Å². The van der Waals surface area contributed by atoms with Crippen LogP contribution in [0.4, 0.5) is 0 Å². The first-order chi connectivity index (χ1) is 7.25. The number of H-pyrrole nitrogens is 1. The molecule has 2 saturated carbocycles. The van der Waals surface area contributed by atoms with Gasteiger partial charge in [0.1, 0.15) is 5.82 Å². The summed E-state index contributed by atoms with van der Waals surface area (Å²) in [6.45, 7) is 0. The fourth-order valence-corrected chi connectivity index (χ4v) is 2.50. The second-order valence-electron chi connectivity index (χ2n) is 5.16. The molecule has 3 N–H and O–H groups in total. The fourth-order valence-electron chi connectivity index (χ4n) is 2.50. The molecule has 0 saturated heterocycles. The zero-order chi connectivity index (χ0) is 10.3. The van der Waals surface area contributed by atoms with Crippen LogP contribution in [-0.4, -0.2) is 20.7 Å². The van der Waals surface area contributed by atoms with Crippen molar-refractivity contribution < 1.29 is 0 Å². The van der Waals surface area contributed by atoms with Crippen LogP contribution in [0.15, 0.2) is 0 Å². The number of hydrogen-bond acceptors (Lipinski definition) is 3.